The Morgan fingerprint density at radius 3 is 2.63 bits per heavy atom. The molecule has 19 heavy (non-hydrogen) atoms. The van der Waals surface area contributed by atoms with Gasteiger partial charge in [-0.1, -0.05) is 25.7 Å². The highest BCUT2D eigenvalue weighted by Gasteiger charge is 2.22. The first-order valence-electron chi connectivity index (χ1n) is 7.40. The summed E-state index contributed by atoms with van der Waals surface area (Å²) >= 11 is 3.64. The molecule has 1 aromatic heterocycles. The van der Waals surface area contributed by atoms with Crippen molar-refractivity contribution in [3.8, 4) is 0 Å². The zero-order valence-corrected chi connectivity index (χ0v) is 13.1. The standard InChI is InChI=1S/C15H24BrN3/c16-14-9-5-11-18-15(14)19(12-6-10-17)13-7-3-1-2-4-8-13/h5,9,11,13H,1-4,6-8,10,12,17H2. The summed E-state index contributed by atoms with van der Waals surface area (Å²) in [5.74, 6) is 1.09. The molecule has 1 saturated carbocycles. The molecule has 2 rings (SSSR count). The molecule has 2 N–H and O–H groups in total. The number of pyridine rings is 1. The molecule has 0 saturated heterocycles. The maximum Gasteiger partial charge on any atom is 0.143 e. The van der Waals surface area contributed by atoms with E-state index in [2.05, 4.69) is 31.9 Å². The second-order valence-electron chi connectivity index (χ2n) is 5.29. The lowest BCUT2D eigenvalue weighted by molar-refractivity contribution is 0.514. The van der Waals surface area contributed by atoms with Gasteiger partial charge >= 0.3 is 0 Å². The normalized spacial score (nSPS) is 17.2. The zero-order valence-electron chi connectivity index (χ0n) is 11.5. The van der Waals surface area contributed by atoms with Crippen LogP contribution in [0.2, 0.25) is 0 Å². The van der Waals surface area contributed by atoms with Crippen molar-refractivity contribution in [2.45, 2.75) is 51.0 Å². The number of nitrogens with zero attached hydrogens (tertiary/aromatic N) is 2. The fraction of sp³-hybridized carbons (Fsp3) is 0.667. The van der Waals surface area contributed by atoms with E-state index in [4.69, 9.17) is 5.73 Å². The lowest BCUT2D eigenvalue weighted by Gasteiger charge is -2.33. The third kappa shape index (κ3) is 4.18. The van der Waals surface area contributed by atoms with Crippen LogP contribution in [0.25, 0.3) is 0 Å². The molecule has 1 aliphatic carbocycles. The van der Waals surface area contributed by atoms with Gasteiger partial charge in [0.1, 0.15) is 5.82 Å². The van der Waals surface area contributed by atoms with Gasteiger partial charge in [0, 0.05) is 18.8 Å². The van der Waals surface area contributed by atoms with Crippen molar-refractivity contribution >= 4 is 21.7 Å². The van der Waals surface area contributed by atoms with E-state index in [0.29, 0.717) is 6.04 Å². The summed E-state index contributed by atoms with van der Waals surface area (Å²) in [6.07, 6.45) is 10.9. The number of halogens is 1. The summed E-state index contributed by atoms with van der Waals surface area (Å²) in [6, 6.07) is 4.68. The molecule has 0 unspecified atom stereocenters. The van der Waals surface area contributed by atoms with Crippen LogP contribution >= 0.6 is 15.9 Å². The van der Waals surface area contributed by atoms with Crippen LogP contribution in [0.1, 0.15) is 44.9 Å². The largest absolute Gasteiger partial charge is 0.353 e. The minimum atomic E-state index is 0.625. The summed E-state index contributed by atoms with van der Waals surface area (Å²) < 4.78 is 1.09. The van der Waals surface area contributed by atoms with Crippen molar-refractivity contribution in [1.82, 2.24) is 4.98 Å². The van der Waals surface area contributed by atoms with Crippen molar-refractivity contribution in [1.29, 1.82) is 0 Å². The van der Waals surface area contributed by atoms with E-state index < -0.39 is 0 Å². The topological polar surface area (TPSA) is 42.1 Å². The Morgan fingerprint density at radius 1 is 1.26 bits per heavy atom. The molecule has 1 heterocycles. The van der Waals surface area contributed by atoms with Crippen molar-refractivity contribution in [2.75, 3.05) is 18.0 Å². The highest BCUT2D eigenvalue weighted by molar-refractivity contribution is 9.10. The van der Waals surface area contributed by atoms with Crippen LogP contribution in [0.4, 0.5) is 5.82 Å². The monoisotopic (exact) mass is 325 g/mol. The molecule has 1 aliphatic rings. The highest BCUT2D eigenvalue weighted by atomic mass is 79.9. The molecule has 4 heteroatoms. The summed E-state index contributed by atoms with van der Waals surface area (Å²) in [4.78, 5) is 7.05. The predicted octanol–water partition coefficient (Wildman–Crippen LogP) is 3.72. The van der Waals surface area contributed by atoms with E-state index in [0.717, 1.165) is 29.8 Å². The molecule has 0 amide bonds. The number of anilines is 1. The molecule has 1 fully saturated rings. The first-order valence-corrected chi connectivity index (χ1v) is 8.19. The maximum absolute atomic E-state index is 5.69. The molecule has 0 atom stereocenters. The van der Waals surface area contributed by atoms with Crippen molar-refractivity contribution in [2.24, 2.45) is 5.73 Å². The molecule has 106 valence electrons. The van der Waals surface area contributed by atoms with Crippen molar-refractivity contribution < 1.29 is 0 Å². The second-order valence-corrected chi connectivity index (χ2v) is 6.14. The van der Waals surface area contributed by atoms with Gasteiger partial charge in [0.25, 0.3) is 0 Å². The van der Waals surface area contributed by atoms with Crippen LogP contribution in [0.15, 0.2) is 22.8 Å². The maximum atomic E-state index is 5.69. The Bertz CT molecular complexity index is 375. The van der Waals surface area contributed by atoms with Gasteiger partial charge in [0.15, 0.2) is 0 Å². The SMILES string of the molecule is NCCCN(c1ncccc1Br)C1CCCCCC1. The average Bonchev–Trinajstić information content (AvgIpc) is 2.70. The van der Waals surface area contributed by atoms with Gasteiger partial charge in [-0.15, -0.1) is 0 Å². The Balaban J connectivity index is 2.16. The van der Waals surface area contributed by atoms with Gasteiger partial charge in [-0.2, -0.15) is 0 Å². The summed E-state index contributed by atoms with van der Waals surface area (Å²) in [5, 5.41) is 0. The number of aromatic nitrogens is 1. The molecule has 0 bridgehead atoms. The number of rotatable bonds is 5. The summed E-state index contributed by atoms with van der Waals surface area (Å²) in [6.45, 7) is 1.75. The van der Waals surface area contributed by atoms with Crippen LogP contribution in [-0.4, -0.2) is 24.1 Å². The Labute approximate surface area is 124 Å². The lowest BCUT2D eigenvalue weighted by atomic mass is 10.1. The zero-order chi connectivity index (χ0) is 13.5. The molecule has 0 radical (unpaired) electrons. The molecule has 0 aliphatic heterocycles. The minimum absolute atomic E-state index is 0.625. The Kier molecular flexibility index (Phi) is 6.11. The van der Waals surface area contributed by atoms with Crippen LogP contribution < -0.4 is 10.6 Å². The van der Waals surface area contributed by atoms with Gasteiger partial charge < -0.3 is 10.6 Å². The number of hydrogen-bond donors (Lipinski definition) is 1. The van der Waals surface area contributed by atoms with Crippen molar-refractivity contribution in [3.63, 3.8) is 0 Å². The fourth-order valence-electron chi connectivity index (χ4n) is 2.88. The summed E-state index contributed by atoms with van der Waals surface area (Å²) in [7, 11) is 0. The van der Waals surface area contributed by atoms with Gasteiger partial charge in [0.2, 0.25) is 0 Å². The van der Waals surface area contributed by atoms with E-state index in [1.54, 1.807) is 0 Å². The number of nitrogens with two attached hydrogens (primary N) is 1. The Hall–Kier alpha value is -0.610. The minimum Gasteiger partial charge on any atom is -0.353 e. The average molecular weight is 326 g/mol. The molecule has 0 spiro atoms. The lowest BCUT2D eigenvalue weighted by Crippen LogP contribution is -2.37. The van der Waals surface area contributed by atoms with E-state index >= 15 is 0 Å². The van der Waals surface area contributed by atoms with Crippen LogP contribution in [0, 0.1) is 0 Å². The predicted molar refractivity (Wildman–Crippen MR) is 84.4 cm³/mol. The van der Waals surface area contributed by atoms with Crippen LogP contribution in [0.3, 0.4) is 0 Å². The molecule has 1 aromatic rings. The fourth-order valence-corrected chi connectivity index (χ4v) is 3.36. The first-order chi connectivity index (χ1) is 9.33. The quantitative estimate of drug-likeness (QED) is 0.839. The van der Waals surface area contributed by atoms with Crippen molar-refractivity contribution in [3.05, 3.63) is 22.8 Å². The smallest absolute Gasteiger partial charge is 0.143 e. The van der Waals surface area contributed by atoms with E-state index in [1.807, 2.05) is 12.3 Å². The van der Waals surface area contributed by atoms with E-state index in [9.17, 15) is 0 Å². The third-order valence-electron chi connectivity index (χ3n) is 3.88. The highest BCUT2D eigenvalue weighted by Crippen LogP contribution is 2.30. The van der Waals surface area contributed by atoms with E-state index in [-0.39, 0.29) is 0 Å². The molecule has 0 aromatic carbocycles. The van der Waals surface area contributed by atoms with Gasteiger partial charge in [-0.25, -0.2) is 4.98 Å². The molecular formula is C15H24BrN3. The van der Waals surface area contributed by atoms with Gasteiger partial charge in [-0.3, -0.25) is 0 Å². The van der Waals surface area contributed by atoms with Gasteiger partial charge in [0.05, 0.1) is 4.47 Å². The summed E-state index contributed by atoms with van der Waals surface area (Å²) in [5.41, 5.74) is 5.69. The van der Waals surface area contributed by atoms with Gasteiger partial charge in [-0.05, 0) is 53.9 Å². The second kappa shape index (κ2) is 7.85. The van der Waals surface area contributed by atoms with Crippen LogP contribution in [0.5, 0.6) is 0 Å². The third-order valence-corrected chi connectivity index (χ3v) is 4.50. The molecule has 3 nitrogen and oxygen atoms in total. The van der Waals surface area contributed by atoms with Crippen LogP contribution in [-0.2, 0) is 0 Å². The number of hydrogen-bond acceptors (Lipinski definition) is 3. The Morgan fingerprint density at radius 2 is 2.00 bits per heavy atom. The van der Waals surface area contributed by atoms with E-state index in [1.165, 1.54) is 38.5 Å². The first kappa shape index (κ1) is 14.8. The molecular weight excluding hydrogens is 302 g/mol.